The van der Waals surface area contributed by atoms with Crippen LogP contribution >= 0.6 is 11.6 Å². The van der Waals surface area contributed by atoms with Gasteiger partial charge in [0, 0.05) is 29.7 Å². The highest BCUT2D eigenvalue weighted by molar-refractivity contribution is 6.31. The Morgan fingerprint density at radius 2 is 2.00 bits per heavy atom. The number of likely N-dealkylation sites (tertiary alicyclic amines) is 1. The Morgan fingerprint density at radius 1 is 1.24 bits per heavy atom. The van der Waals surface area contributed by atoms with Crippen LogP contribution in [0.5, 0.6) is 0 Å². The van der Waals surface area contributed by atoms with Gasteiger partial charge < -0.3 is 15.0 Å². The number of carbonyl (C=O) groups excluding carboxylic acids is 2. The zero-order valence-electron chi connectivity index (χ0n) is 19.8. The standard InChI is InChI=1S/C25H31ClN4O3/c1-24(2,3)33-23(32)29-10-6-7-17(15-29)28-18-12-19(14-27-13-18)30-22(31)20-9-8-16(26)11-21(20)25(30,4)5/h8-9,11-14,17,28H,6-7,10,15H2,1-5H3. The molecule has 0 spiro atoms. The van der Waals surface area contributed by atoms with Gasteiger partial charge in [-0.15, -0.1) is 0 Å². The van der Waals surface area contributed by atoms with Gasteiger partial charge in [0.1, 0.15) is 5.60 Å². The summed E-state index contributed by atoms with van der Waals surface area (Å²) in [6.45, 7) is 10.9. The van der Waals surface area contributed by atoms with Crippen LogP contribution in [-0.2, 0) is 10.3 Å². The summed E-state index contributed by atoms with van der Waals surface area (Å²) in [5.74, 6) is -0.0700. The molecule has 1 N–H and O–H groups in total. The molecule has 1 saturated heterocycles. The van der Waals surface area contributed by atoms with Gasteiger partial charge in [0.05, 0.1) is 29.3 Å². The second kappa shape index (κ2) is 8.52. The van der Waals surface area contributed by atoms with Crippen molar-refractivity contribution in [1.29, 1.82) is 0 Å². The Kier molecular flexibility index (Phi) is 6.03. The number of pyridine rings is 1. The lowest BCUT2D eigenvalue weighted by Gasteiger charge is -2.35. The van der Waals surface area contributed by atoms with E-state index < -0.39 is 11.1 Å². The van der Waals surface area contributed by atoms with Crippen molar-refractivity contribution in [3.63, 3.8) is 0 Å². The van der Waals surface area contributed by atoms with Crippen molar-refractivity contribution >= 4 is 35.0 Å². The van der Waals surface area contributed by atoms with E-state index in [1.165, 1.54) is 0 Å². The third kappa shape index (κ3) is 4.78. The number of carbonyl (C=O) groups is 2. The molecule has 8 heteroatoms. The highest BCUT2D eigenvalue weighted by Crippen LogP contribution is 2.43. The van der Waals surface area contributed by atoms with Crippen molar-refractivity contribution in [2.24, 2.45) is 0 Å². The molecular formula is C25H31ClN4O3. The molecule has 1 aromatic heterocycles. The number of aromatic nitrogens is 1. The molecule has 33 heavy (non-hydrogen) atoms. The predicted octanol–water partition coefficient (Wildman–Crippen LogP) is 5.44. The quantitative estimate of drug-likeness (QED) is 0.646. The summed E-state index contributed by atoms with van der Waals surface area (Å²) in [7, 11) is 0. The molecular weight excluding hydrogens is 440 g/mol. The summed E-state index contributed by atoms with van der Waals surface area (Å²) in [5.41, 5.74) is 1.99. The minimum Gasteiger partial charge on any atom is -0.444 e. The molecule has 1 aromatic carbocycles. The molecule has 1 fully saturated rings. The molecule has 0 radical (unpaired) electrons. The Labute approximate surface area is 200 Å². The normalized spacial score (nSPS) is 19.9. The fraction of sp³-hybridized carbons (Fsp3) is 0.480. The van der Waals surface area contributed by atoms with Crippen LogP contribution in [0.3, 0.4) is 0 Å². The minimum absolute atomic E-state index is 0.0700. The summed E-state index contributed by atoms with van der Waals surface area (Å²) in [4.78, 5) is 33.6. The molecule has 4 rings (SSSR count). The smallest absolute Gasteiger partial charge is 0.410 e. The van der Waals surface area contributed by atoms with E-state index in [1.54, 1.807) is 34.3 Å². The largest absolute Gasteiger partial charge is 0.444 e. The molecule has 2 aliphatic rings. The van der Waals surface area contributed by atoms with E-state index in [-0.39, 0.29) is 18.0 Å². The molecule has 7 nitrogen and oxygen atoms in total. The molecule has 2 aliphatic heterocycles. The molecule has 0 saturated carbocycles. The van der Waals surface area contributed by atoms with Gasteiger partial charge in [-0.25, -0.2) is 4.79 Å². The van der Waals surface area contributed by atoms with Crippen LogP contribution in [-0.4, -0.2) is 46.6 Å². The number of amides is 2. The van der Waals surface area contributed by atoms with Gasteiger partial charge in [0.2, 0.25) is 0 Å². The lowest BCUT2D eigenvalue weighted by Crippen LogP contribution is -2.47. The maximum absolute atomic E-state index is 13.2. The molecule has 176 valence electrons. The van der Waals surface area contributed by atoms with E-state index >= 15 is 0 Å². The number of piperidine rings is 1. The Balaban J connectivity index is 1.51. The van der Waals surface area contributed by atoms with Gasteiger partial charge in [0.25, 0.3) is 5.91 Å². The molecule has 0 aliphatic carbocycles. The van der Waals surface area contributed by atoms with Crippen molar-refractivity contribution in [2.75, 3.05) is 23.3 Å². The second-order valence-corrected chi connectivity index (χ2v) is 10.7. The van der Waals surface area contributed by atoms with Gasteiger partial charge >= 0.3 is 6.09 Å². The fourth-order valence-electron chi connectivity index (χ4n) is 4.60. The maximum Gasteiger partial charge on any atom is 0.410 e. The van der Waals surface area contributed by atoms with Crippen LogP contribution in [0.2, 0.25) is 5.02 Å². The molecule has 0 bridgehead atoms. The number of halogens is 1. The highest BCUT2D eigenvalue weighted by Gasteiger charge is 2.44. The van der Waals surface area contributed by atoms with Crippen molar-refractivity contribution < 1.29 is 14.3 Å². The van der Waals surface area contributed by atoms with Crippen molar-refractivity contribution in [2.45, 2.75) is 64.6 Å². The zero-order valence-corrected chi connectivity index (χ0v) is 20.6. The lowest BCUT2D eigenvalue weighted by molar-refractivity contribution is 0.0206. The first kappa shape index (κ1) is 23.4. The number of ether oxygens (including phenoxy) is 1. The third-order valence-electron chi connectivity index (χ3n) is 6.06. The van der Waals surface area contributed by atoms with Crippen LogP contribution in [0.15, 0.2) is 36.7 Å². The second-order valence-electron chi connectivity index (χ2n) is 10.2. The van der Waals surface area contributed by atoms with Gasteiger partial charge in [-0.05, 0) is 77.3 Å². The van der Waals surface area contributed by atoms with Crippen LogP contribution in [0, 0.1) is 0 Å². The number of anilines is 2. The van der Waals surface area contributed by atoms with Crippen LogP contribution in [0.4, 0.5) is 16.2 Å². The van der Waals surface area contributed by atoms with E-state index in [2.05, 4.69) is 10.3 Å². The Bertz CT molecular complexity index is 1080. The monoisotopic (exact) mass is 470 g/mol. The lowest BCUT2D eigenvalue weighted by atomic mass is 9.93. The minimum atomic E-state index is -0.560. The summed E-state index contributed by atoms with van der Waals surface area (Å²) in [6, 6.07) is 7.39. The predicted molar refractivity (Wildman–Crippen MR) is 130 cm³/mol. The summed E-state index contributed by atoms with van der Waals surface area (Å²) < 4.78 is 5.53. The van der Waals surface area contributed by atoms with Crippen LogP contribution < -0.4 is 10.2 Å². The summed E-state index contributed by atoms with van der Waals surface area (Å²) >= 11 is 6.21. The number of nitrogens with zero attached hydrogens (tertiary/aromatic N) is 3. The topological polar surface area (TPSA) is 74.8 Å². The van der Waals surface area contributed by atoms with E-state index in [0.717, 1.165) is 24.1 Å². The van der Waals surface area contributed by atoms with E-state index in [0.29, 0.717) is 29.4 Å². The van der Waals surface area contributed by atoms with Crippen molar-refractivity contribution in [3.8, 4) is 0 Å². The Morgan fingerprint density at radius 3 is 2.73 bits per heavy atom. The molecule has 1 unspecified atom stereocenters. The van der Waals surface area contributed by atoms with Crippen LogP contribution in [0.25, 0.3) is 0 Å². The first-order valence-electron chi connectivity index (χ1n) is 11.3. The van der Waals surface area contributed by atoms with Gasteiger partial charge in [0.15, 0.2) is 0 Å². The highest BCUT2D eigenvalue weighted by atomic mass is 35.5. The van der Waals surface area contributed by atoms with Gasteiger partial charge in [-0.3, -0.25) is 14.7 Å². The Hall–Kier alpha value is -2.80. The number of hydrogen-bond donors (Lipinski definition) is 1. The molecule has 1 atom stereocenters. The number of hydrogen-bond acceptors (Lipinski definition) is 5. The zero-order chi connectivity index (χ0) is 24.0. The average Bonchev–Trinajstić information content (AvgIpc) is 2.92. The molecule has 2 aromatic rings. The number of benzene rings is 1. The first-order valence-corrected chi connectivity index (χ1v) is 11.7. The van der Waals surface area contributed by atoms with Crippen molar-refractivity contribution in [3.05, 3.63) is 52.8 Å². The number of fused-ring (bicyclic) bond motifs is 1. The third-order valence-corrected chi connectivity index (χ3v) is 6.29. The number of rotatable bonds is 3. The van der Waals surface area contributed by atoms with Crippen molar-refractivity contribution in [1.82, 2.24) is 9.88 Å². The fourth-order valence-corrected chi connectivity index (χ4v) is 4.77. The van der Waals surface area contributed by atoms with E-state index in [4.69, 9.17) is 16.3 Å². The maximum atomic E-state index is 13.2. The average molecular weight is 471 g/mol. The van der Waals surface area contributed by atoms with Crippen LogP contribution in [0.1, 0.15) is 63.4 Å². The SMILES string of the molecule is CC(C)(C)OC(=O)N1CCCC(Nc2cncc(N3C(=O)c4ccc(Cl)cc4C3(C)C)c2)C1. The molecule has 2 amide bonds. The van der Waals surface area contributed by atoms with Gasteiger partial charge in [-0.2, -0.15) is 0 Å². The molecule has 3 heterocycles. The summed E-state index contributed by atoms with van der Waals surface area (Å²) in [5, 5.41) is 4.10. The van der Waals surface area contributed by atoms with E-state index in [1.807, 2.05) is 46.8 Å². The van der Waals surface area contributed by atoms with E-state index in [9.17, 15) is 9.59 Å². The summed E-state index contributed by atoms with van der Waals surface area (Å²) in [6.07, 6.45) is 4.97. The first-order chi connectivity index (χ1) is 15.5. The van der Waals surface area contributed by atoms with Gasteiger partial charge in [-0.1, -0.05) is 11.6 Å². The number of nitrogens with one attached hydrogen (secondary N) is 1.